The number of nitrogens with one attached hydrogen (secondary N) is 1. The first-order valence-corrected chi connectivity index (χ1v) is 10.2. The Hall–Kier alpha value is -3.07. The molecule has 1 saturated heterocycles. The summed E-state index contributed by atoms with van der Waals surface area (Å²) >= 11 is 0. The zero-order valence-corrected chi connectivity index (χ0v) is 17.3. The van der Waals surface area contributed by atoms with Crippen LogP contribution in [0.15, 0.2) is 36.7 Å². The van der Waals surface area contributed by atoms with Crippen molar-refractivity contribution in [3.05, 3.63) is 53.6 Å². The van der Waals surface area contributed by atoms with Gasteiger partial charge in [0.2, 0.25) is 0 Å². The van der Waals surface area contributed by atoms with E-state index in [4.69, 9.17) is 14.5 Å². The lowest BCUT2D eigenvalue weighted by molar-refractivity contribution is 0.0794. The number of fused-ring (bicyclic) bond motifs is 1. The Labute approximate surface area is 178 Å². The molecule has 0 aliphatic carbocycles. The predicted octanol–water partition coefficient (Wildman–Crippen LogP) is 4.60. The maximum absolute atomic E-state index is 12.9. The van der Waals surface area contributed by atoms with Crippen LogP contribution in [0.5, 0.6) is 5.75 Å². The van der Waals surface area contributed by atoms with E-state index in [-0.39, 0.29) is 17.8 Å². The number of aromatic nitrogens is 3. The lowest BCUT2D eigenvalue weighted by Gasteiger charge is -2.19. The molecular weight excluding hydrogens is 406 g/mol. The van der Waals surface area contributed by atoms with Gasteiger partial charge in [0.15, 0.2) is 11.4 Å². The summed E-state index contributed by atoms with van der Waals surface area (Å²) in [6.07, 6.45) is 2.66. The van der Waals surface area contributed by atoms with Gasteiger partial charge < -0.3 is 19.2 Å². The summed E-state index contributed by atoms with van der Waals surface area (Å²) in [7, 11) is 0. The van der Waals surface area contributed by atoms with E-state index >= 15 is 0 Å². The molecule has 1 fully saturated rings. The Kier molecular flexibility index (Phi) is 6.13. The average molecular weight is 430 g/mol. The Morgan fingerprint density at radius 1 is 1.29 bits per heavy atom. The molecule has 4 heterocycles. The van der Waals surface area contributed by atoms with Gasteiger partial charge in [-0.15, -0.1) is 0 Å². The number of carbonyl (C=O) groups excluding carboxylic acids is 1. The van der Waals surface area contributed by atoms with Crippen LogP contribution in [0.3, 0.4) is 0 Å². The fourth-order valence-electron chi connectivity index (χ4n) is 3.55. The number of amides is 1. The van der Waals surface area contributed by atoms with Crippen LogP contribution in [0, 0.1) is 0 Å². The molecule has 1 atom stereocenters. The number of ether oxygens (including phenoxy) is 2. The van der Waals surface area contributed by atoms with Crippen LogP contribution in [-0.4, -0.2) is 39.6 Å². The predicted molar refractivity (Wildman–Crippen MR) is 111 cm³/mol. The van der Waals surface area contributed by atoms with Crippen LogP contribution < -0.4 is 10.1 Å². The summed E-state index contributed by atoms with van der Waals surface area (Å²) in [5.41, 5.74) is 1.41. The molecule has 0 radical (unpaired) electrons. The molecule has 3 aromatic rings. The second kappa shape index (κ2) is 8.97. The Morgan fingerprint density at radius 3 is 2.84 bits per heavy atom. The van der Waals surface area contributed by atoms with Crippen molar-refractivity contribution >= 4 is 17.4 Å². The van der Waals surface area contributed by atoms with Gasteiger partial charge in [-0.2, -0.15) is 0 Å². The molecule has 1 amide bonds. The number of nitrogens with zero attached hydrogens (tertiary/aromatic N) is 3. The summed E-state index contributed by atoms with van der Waals surface area (Å²) in [6.45, 7) is 5.16. The van der Waals surface area contributed by atoms with E-state index in [9.17, 15) is 13.6 Å². The molecule has 0 saturated carbocycles. The molecule has 0 aromatic carbocycles. The summed E-state index contributed by atoms with van der Waals surface area (Å²) in [4.78, 5) is 21.4. The number of pyridine rings is 2. The smallest absolute Gasteiger partial charge is 0.280 e. The number of halogens is 2. The highest BCUT2D eigenvalue weighted by Crippen LogP contribution is 2.29. The molecule has 164 valence electrons. The molecule has 1 N–H and O–H groups in total. The fraction of sp³-hybridized carbons (Fsp3) is 0.409. The van der Waals surface area contributed by atoms with E-state index < -0.39 is 18.0 Å². The maximum atomic E-state index is 12.9. The van der Waals surface area contributed by atoms with E-state index in [0.29, 0.717) is 23.6 Å². The van der Waals surface area contributed by atoms with Crippen LogP contribution in [0.1, 0.15) is 60.8 Å². The second-order valence-corrected chi connectivity index (χ2v) is 7.77. The molecule has 1 unspecified atom stereocenters. The van der Waals surface area contributed by atoms with Crippen LogP contribution in [0.25, 0.3) is 5.65 Å². The van der Waals surface area contributed by atoms with Gasteiger partial charge in [-0.25, -0.2) is 18.7 Å². The molecule has 9 heteroatoms. The lowest BCUT2D eigenvalue weighted by atomic mass is 9.99. The topological polar surface area (TPSA) is 77.8 Å². The standard InChI is InChI=1S/C22H24F2N4O3/c1-13(2)31-18-9-15(22(29)27-19-7-3-6-16(25-19)20(23)24)10-28-11-17(26-21(18)28)14-5-4-8-30-12-14/h3,6-7,9-11,13-14,20H,4-5,8,12H2,1-2H3,(H,25,27,29). The van der Waals surface area contributed by atoms with Crippen molar-refractivity contribution in [2.75, 3.05) is 18.5 Å². The number of carbonyl (C=O) groups is 1. The van der Waals surface area contributed by atoms with Gasteiger partial charge in [-0.3, -0.25) is 4.79 Å². The third kappa shape index (κ3) is 4.82. The van der Waals surface area contributed by atoms with Crippen molar-refractivity contribution in [3.63, 3.8) is 0 Å². The number of anilines is 1. The Bertz CT molecular complexity index is 1080. The third-order valence-electron chi connectivity index (χ3n) is 4.98. The molecule has 31 heavy (non-hydrogen) atoms. The van der Waals surface area contributed by atoms with Crippen molar-refractivity contribution in [2.24, 2.45) is 0 Å². The molecule has 3 aromatic heterocycles. The highest BCUT2D eigenvalue weighted by molar-refractivity contribution is 6.04. The molecule has 1 aliphatic rings. The summed E-state index contributed by atoms with van der Waals surface area (Å²) < 4.78 is 39.1. The molecule has 0 bridgehead atoms. The first kappa shape index (κ1) is 21.2. The van der Waals surface area contributed by atoms with Crippen molar-refractivity contribution in [1.29, 1.82) is 0 Å². The van der Waals surface area contributed by atoms with Gasteiger partial charge in [0.1, 0.15) is 11.5 Å². The third-order valence-corrected chi connectivity index (χ3v) is 4.98. The number of alkyl halides is 2. The largest absolute Gasteiger partial charge is 0.487 e. The summed E-state index contributed by atoms with van der Waals surface area (Å²) in [5.74, 6) is 0.240. The Balaban J connectivity index is 1.66. The first-order valence-electron chi connectivity index (χ1n) is 10.2. The molecule has 4 rings (SSSR count). The van der Waals surface area contributed by atoms with E-state index in [1.807, 2.05) is 20.0 Å². The van der Waals surface area contributed by atoms with Gasteiger partial charge in [0.25, 0.3) is 12.3 Å². The monoisotopic (exact) mass is 430 g/mol. The van der Waals surface area contributed by atoms with Crippen molar-refractivity contribution in [2.45, 2.75) is 45.1 Å². The fourth-order valence-corrected chi connectivity index (χ4v) is 3.55. The number of hydrogen-bond donors (Lipinski definition) is 1. The van der Waals surface area contributed by atoms with Gasteiger partial charge in [0.05, 0.1) is 24.0 Å². The van der Waals surface area contributed by atoms with Crippen LogP contribution in [-0.2, 0) is 4.74 Å². The van der Waals surface area contributed by atoms with E-state index in [1.165, 1.54) is 18.2 Å². The normalized spacial score (nSPS) is 16.8. The number of rotatable bonds is 6. The van der Waals surface area contributed by atoms with Crippen molar-refractivity contribution in [3.8, 4) is 5.75 Å². The molecule has 1 aliphatic heterocycles. The van der Waals surface area contributed by atoms with Gasteiger partial charge in [-0.05, 0) is 44.9 Å². The van der Waals surface area contributed by atoms with Crippen LogP contribution in [0.2, 0.25) is 0 Å². The summed E-state index contributed by atoms with van der Waals surface area (Å²) in [6, 6.07) is 5.71. The van der Waals surface area contributed by atoms with Crippen molar-refractivity contribution < 1.29 is 23.0 Å². The molecular formula is C22H24F2N4O3. The van der Waals surface area contributed by atoms with E-state index in [0.717, 1.165) is 25.1 Å². The second-order valence-electron chi connectivity index (χ2n) is 7.77. The van der Waals surface area contributed by atoms with Crippen LogP contribution in [0.4, 0.5) is 14.6 Å². The van der Waals surface area contributed by atoms with Gasteiger partial charge >= 0.3 is 0 Å². The molecule has 7 nitrogen and oxygen atoms in total. The molecule has 0 spiro atoms. The summed E-state index contributed by atoms with van der Waals surface area (Å²) in [5, 5.41) is 2.58. The number of hydrogen-bond acceptors (Lipinski definition) is 5. The highest BCUT2D eigenvalue weighted by atomic mass is 19.3. The average Bonchev–Trinajstić information content (AvgIpc) is 3.19. The zero-order chi connectivity index (χ0) is 22.0. The van der Waals surface area contributed by atoms with E-state index in [1.54, 1.807) is 16.7 Å². The van der Waals surface area contributed by atoms with Crippen LogP contribution >= 0.6 is 0 Å². The maximum Gasteiger partial charge on any atom is 0.280 e. The highest BCUT2D eigenvalue weighted by Gasteiger charge is 2.22. The van der Waals surface area contributed by atoms with E-state index in [2.05, 4.69) is 10.3 Å². The van der Waals surface area contributed by atoms with Crippen molar-refractivity contribution in [1.82, 2.24) is 14.4 Å². The lowest BCUT2D eigenvalue weighted by Crippen LogP contribution is -2.15. The zero-order valence-electron chi connectivity index (χ0n) is 17.3. The first-order chi connectivity index (χ1) is 14.9. The van der Waals surface area contributed by atoms with Gasteiger partial charge in [-0.1, -0.05) is 6.07 Å². The van der Waals surface area contributed by atoms with Gasteiger partial charge in [0, 0.05) is 24.9 Å². The SMILES string of the molecule is CC(C)Oc1cc(C(=O)Nc2cccc(C(F)F)n2)cn2cc(C3CCCOC3)nc12. The quantitative estimate of drug-likeness (QED) is 0.618. The Morgan fingerprint density at radius 2 is 2.13 bits per heavy atom. The minimum absolute atomic E-state index is 0.0555. The number of imidazole rings is 1. The minimum Gasteiger partial charge on any atom is -0.487 e. The minimum atomic E-state index is -2.72.